The first-order valence-corrected chi connectivity index (χ1v) is 7.19. The summed E-state index contributed by atoms with van der Waals surface area (Å²) in [6.07, 6.45) is 1.76. The number of ether oxygens (including phenoxy) is 1. The highest BCUT2D eigenvalue weighted by atomic mass is 32.1. The first-order valence-electron chi connectivity index (χ1n) is 6.37. The van der Waals surface area contributed by atoms with Crippen LogP contribution < -0.4 is 5.32 Å². The van der Waals surface area contributed by atoms with Crippen LogP contribution in [-0.4, -0.2) is 29.6 Å². The largest absolute Gasteiger partial charge is 0.375 e. The van der Waals surface area contributed by atoms with Gasteiger partial charge in [0.15, 0.2) is 0 Å². The van der Waals surface area contributed by atoms with Crippen LogP contribution in [0, 0.1) is 0 Å². The number of nitrogens with one attached hydrogen (secondary N) is 1. The summed E-state index contributed by atoms with van der Waals surface area (Å²) >= 11 is 1.53. The second kappa shape index (κ2) is 5.99. The fourth-order valence-corrected chi connectivity index (χ4v) is 2.86. The van der Waals surface area contributed by atoms with Gasteiger partial charge in [-0.05, 0) is 24.3 Å². The molecule has 0 aliphatic carbocycles. The minimum atomic E-state index is -0.180. The smallest absolute Gasteiger partial charge is 0.250 e. The fourth-order valence-electron chi connectivity index (χ4n) is 1.95. The van der Waals surface area contributed by atoms with Gasteiger partial charge in [-0.25, -0.2) is 9.97 Å². The van der Waals surface area contributed by atoms with Crippen LogP contribution >= 0.6 is 11.3 Å². The number of hydrogen-bond acceptors (Lipinski definition) is 5. The van der Waals surface area contributed by atoms with E-state index in [4.69, 9.17) is 4.74 Å². The van der Waals surface area contributed by atoms with E-state index in [0.29, 0.717) is 0 Å². The van der Waals surface area contributed by atoms with Crippen molar-refractivity contribution in [1.82, 2.24) is 9.97 Å². The molecule has 0 bridgehead atoms. The Balaban J connectivity index is 1.90. The maximum Gasteiger partial charge on any atom is 0.250 e. The topological polar surface area (TPSA) is 64.1 Å². The molecule has 1 N–H and O–H groups in total. The lowest BCUT2D eigenvalue weighted by Gasteiger charge is -2.05. The Morgan fingerprint density at radius 1 is 1.33 bits per heavy atom. The van der Waals surface area contributed by atoms with Crippen LogP contribution in [0.4, 0.5) is 5.69 Å². The molecule has 5 nitrogen and oxygen atoms in total. The van der Waals surface area contributed by atoms with Crippen molar-refractivity contribution >= 4 is 33.3 Å². The van der Waals surface area contributed by atoms with Crippen LogP contribution in [0.1, 0.15) is 0 Å². The summed E-state index contributed by atoms with van der Waals surface area (Å²) in [5.74, 6) is -0.180. The van der Waals surface area contributed by atoms with Crippen molar-refractivity contribution in [3.05, 3.63) is 42.6 Å². The van der Waals surface area contributed by atoms with Crippen LogP contribution in [0.25, 0.3) is 20.9 Å². The second-order valence-corrected chi connectivity index (χ2v) is 5.39. The molecule has 0 atom stereocenters. The number of aromatic nitrogens is 2. The van der Waals surface area contributed by atoms with Gasteiger partial charge in [0, 0.05) is 24.6 Å². The average molecular weight is 299 g/mol. The number of thiazole rings is 1. The number of carbonyl (C=O) groups is 1. The number of fused-ring (bicyclic) bond motifs is 1. The number of anilines is 1. The molecule has 2 heterocycles. The van der Waals surface area contributed by atoms with Crippen molar-refractivity contribution in [1.29, 1.82) is 0 Å². The van der Waals surface area contributed by atoms with E-state index >= 15 is 0 Å². The van der Waals surface area contributed by atoms with Gasteiger partial charge in [0.2, 0.25) is 5.91 Å². The van der Waals surface area contributed by atoms with Crippen molar-refractivity contribution in [2.24, 2.45) is 0 Å². The predicted octanol–water partition coefficient (Wildman–Crippen LogP) is 2.94. The summed E-state index contributed by atoms with van der Waals surface area (Å²) < 4.78 is 4.80. The number of hydrogen-bond donors (Lipinski definition) is 1. The number of carbonyl (C=O) groups excluding carboxylic acids is 1. The van der Waals surface area contributed by atoms with E-state index < -0.39 is 0 Å². The number of rotatable bonds is 4. The molecule has 0 aliphatic rings. The highest BCUT2D eigenvalue weighted by molar-refractivity contribution is 7.21. The Morgan fingerprint density at radius 3 is 3.05 bits per heavy atom. The summed E-state index contributed by atoms with van der Waals surface area (Å²) in [5, 5.41) is 3.67. The quantitative estimate of drug-likeness (QED) is 0.804. The van der Waals surface area contributed by atoms with Crippen LogP contribution in [0.5, 0.6) is 0 Å². The van der Waals surface area contributed by atoms with Gasteiger partial charge in [-0.1, -0.05) is 23.5 Å². The van der Waals surface area contributed by atoms with Crippen molar-refractivity contribution in [3.63, 3.8) is 0 Å². The minimum absolute atomic E-state index is 0.0370. The van der Waals surface area contributed by atoms with Crippen LogP contribution in [-0.2, 0) is 9.53 Å². The SMILES string of the molecule is COCC(=O)Nc1cccc(-c2nc3cccnc3s2)c1. The van der Waals surface area contributed by atoms with Gasteiger partial charge in [0.1, 0.15) is 22.0 Å². The Kier molecular flexibility index (Phi) is 3.89. The van der Waals surface area contributed by atoms with Crippen molar-refractivity contribution in [2.45, 2.75) is 0 Å². The number of benzene rings is 1. The van der Waals surface area contributed by atoms with Crippen molar-refractivity contribution in [2.75, 3.05) is 19.0 Å². The number of methoxy groups -OCH3 is 1. The summed E-state index contributed by atoms with van der Waals surface area (Å²) in [4.78, 5) is 21.3. The Hall–Kier alpha value is -2.31. The van der Waals surface area contributed by atoms with E-state index in [1.807, 2.05) is 36.4 Å². The Bertz CT molecular complexity index is 752. The van der Waals surface area contributed by atoms with E-state index in [2.05, 4.69) is 15.3 Å². The molecule has 1 amide bonds. The average Bonchev–Trinajstić information content (AvgIpc) is 2.91. The molecule has 3 rings (SSSR count). The molecular weight excluding hydrogens is 286 g/mol. The Labute approximate surface area is 125 Å². The molecule has 0 radical (unpaired) electrons. The predicted molar refractivity (Wildman–Crippen MR) is 83.4 cm³/mol. The number of amides is 1. The zero-order valence-electron chi connectivity index (χ0n) is 11.4. The molecule has 21 heavy (non-hydrogen) atoms. The van der Waals surface area contributed by atoms with Gasteiger partial charge in [0.05, 0.1) is 0 Å². The minimum Gasteiger partial charge on any atom is -0.375 e. The first-order chi connectivity index (χ1) is 10.3. The van der Waals surface area contributed by atoms with Crippen LogP contribution in [0.2, 0.25) is 0 Å². The van der Waals surface area contributed by atoms with Crippen molar-refractivity contribution < 1.29 is 9.53 Å². The van der Waals surface area contributed by atoms with Gasteiger partial charge in [-0.15, -0.1) is 0 Å². The van der Waals surface area contributed by atoms with E-state index in [-0.39, 0.29) is 12.5 Å². The van der Waals surface area contributed by atoms with Crippen molar-refractivity contribution in [3.8, 4) is 10.6 Å². The fraction of sp³-hybridized carbons (Fsp3) is 0.133. The third kappa shape index (κ3) is 3.07. The lowest BCUT2D eigenvalue weighted by molar-refractivity contribution is -0.119. The Morgan fingerprint density at radius 2 is 2.24 bits per heavy atom. The molecule has 2 aromatic heterocycles. The third-order valence-electron chi connectivity index (χ3n) is 2.84. The van der Waals surface area contributed by atoms with Gasteiger partial charge in [-0.2, -0.15) is 0 Å². The molecule has 0 saturated carbocycles. The molecule has 0 aliphatic heterocycles. The van der Waals surface area contributed by atoms with Gasteiger partial charge >= 0.3 is 0 Å². The van der Waals surface area contributed by atoms with Gasteiger partial charge in [0.25, 0.3) is 0 Å². The molecule has 0 spiro atoms. The molecular formula is C15H13N3O2S. The maximum atomic E-state index is 11.5. The van der Waals surface area contributed by atoms with E-state index in [0.717, 1.165) is 26.6 Å². The molecule has 0 saturated heterocycles. The maximum absolute atomic E-state index is 11.5. The highest BCUT2D eigenvalue weighted by Gasteiger charge is 2.08. The van der Waals surface area contributed by atoms with Gasteiger partial charge in [-0.3, -0.25) is 4.79 Å². The molecule has 1 aromatic carbocycles. The van der Waals surface area contributed by atoms with Crippen LogP contribution in [0.3, 0.4) is 0 Å². The normalized spacial score (nSPS) is 10.7. The van der Waals surface area contributed by atoms with Gasteiger partial charge < -0.3 is 10.1 Å². The monoisotopic (exact) mass is 299 g/mol. The first kappa shape index (κ1) is 13.7. The molecule has 0 unspecified atom stereocenters. The summed E-state index contributed by atoms with van der Waals surface area (Å²) in [6, 6.07) is 11.4. The lowest BCUT2D eigenvalue weighted by atomic mass is 10.2. The zero-order chi connectivity index (χ0) is 14.7. The summed E-state index contributed by atoms with van der Waals surface area (Å²) in [7, 11) is 1.49. The van der Waals surface area contributed by atoms with E-state index in [1.165, 1.54) is 18.4 Å². The summed E-state index contributed by atoms with van der Waals surface area (Å²) in [6.45, 7) is 0.0370. The van der Waals surface area contributed by atoms with E-state index in [9.17, 15) is 4.79 Å². The zero-order valence-corrected chi connectivity index (χ0v) is 12.2. The lowest BCUT2D eigenvalue weighted by Crippen LogP contribution is -2.16. The van der Waals surface area contributed by atoms with E-state index in [1.54, 1.807) is 6.20 Å². The molecule has 106 valence electrons. The second-order valence-electron chi connectivity index (χ2n) is 4.41. The molecule has 6 heteroatoms. The highest BCUT2D eigenvalue weighted by Crippen LogP contribution is 2.29. The number of pyridine rings is 1. The standard InChI is InChI=1S/C15H13N3O2S/c1-20-9-13(19)17-11-5-2-4-10(8-11)14-18-12-6-3-7-16-15(12)21-14/h2-8H,9H2,1H3,(H,17,19). The third-order valence-corrected chi connectivity index (χ3v) is 3.86. The summed E-state index contributed by atoms with van der Waals surface area (Å²) in [5.41, 5.74) is 2.56. The van der Waals surface area contributed by atoms with Crippen LogP contribution in [0.15, 0.2) is 42.6 Å². The molecule has 0 fully saturated rings. The number of nitrogens with zero attached hydrogens (tertiary/aromatic N) is 2. The molecule has 3 aromatic rings.